The van der Waals surface area contributed by atoms with Gasteiger partial charge < -0.3 is 15.7 Å². The van der Waals surface area contributed by atoms with Gasteiger partial charge in [0.1, 0.15) is 5.82 Å². The molecule has 0 aliphatic carbocycles. The zero-order chi connectivity index (χ0) is 18.5. The minimum absolute atomic E-state index is 0.00266. The summed E-state index contributed by atoms with van der Waals surface area (Å²) in [5, 5.41) is 15.8. The van der Waals surface area contributed by atoms with Crippen molar-refractivity contribution >= 4 is 17.5 Å². The zero-order valence-corrected chi connectivity index (χ0v) is 15.2. The monoisotopic (exact) mass is 349 g/mol. The summed E-state index contributed by atoms with van der Waals surface area (Å²) in [6.45, 7) is 6.01. The van der Waals surface area contributed by atoms with E-state index in [9.17, 15) is 5.11 Å². The van der Waals surface area contributed by atoms with Gasteiger partial charge in [-0.05, 0) is 56.2 Å². The number of hydrogen-bond acceptors (Lipinski definition) is 6. The van der Waals surface area contributed by atoms with Crippen LogP contribution in [0.1, 0.15) is 18.1 Å². The summed E-state index contributed by atoms with van der Waals surface area (Å²) < 4.78 is 0. The lowest BCUT2D eigenvalue weighted by atomic mass is 10.1. The van der Waals surface area contributed by atoms with Crippen LogP contribution in [0.3, 0.4) is 0 Å². The number of rotatable bonds is 6. The molecule has 6 heteroatoms. The maximum absolute atomic E-state index is 9.31. The second-order valence-corrected chi connectivity index (χ2v) is 6.43. The fourth-order valence-corrected chi connectivity index (χ4v) is 2.71. The van der Waals surface area contributed by atoms with E-state index in [1.165, 1.54) is 11.1 Å². The highest BCUT2D eigenvalue weighted by atomic mass is 16.3. The van der Waals surface area contributed by atoms with E-state index in [0.29, 0.717) is 11.8 Å². The van der Waals surface area contributed by atoms with Gasteiger partial charge in [-0.25, -0.2) is 4.98 Å². The first-order valence-electron chi connectivity index (χ1n) is 8.55. The number of aliphatic hydroxyl groups is 1. The highest BCUT2D eigenvalue weighted by molar-refractivity contribution is 5.67. The molecule has 0 unspecified atom stereocenters. The van der Waals surface area contributed by atoms with Crippen LogP contribution < -0.4 is 10.6 Å². The molecule has 0 saturated heterocycles. The van der Waals surface area contributed by atoms with Gasteiger partial charge in [0, 0.05) is 35.8 Å². The Kier molecular flexibility index (Phi) is 5.43. The van der Waals surface area contributed by atoms with Crippen LogP contribution in [0.4, 0.5) is 17.5 Å². The van der Waals surface area contributed by atoms with Crippen molar-refractivity contribution in [2.24, 2.45) is 0 Å². The van der Waals surface area contributed by atoms with Gasteiger partial charge in [-0.3, -0.25) is 4.98 Å². The van der Waals surface area contributed by atoms with E-state index in [-0.39, 0.29) is 12.6 Å². The van der Waals surface area contributed by atoms with Crippen molar-refractivity contribution in [2.75, 3.05) is 17.2 Å². The first-order chi connectivity index (χ1) is 12.5. The van der Waals surface area contributed by atoms with Crippen LogP contribution in [0.25, 0.3) is 11.3 Å². The Balaban J connectivity index is 1.98. The van der Waals surface area contributed by atoms with Crippen molar-refractivity contribution in [2.45, 2.75) is 26.8 Å². The van der Waals surface area contributed by atoms with Crippen LogP contribution in [0.5, 0.6) is 0 Å². The Morgan fingerprint density at radius 1 is 1.00 bits per heavy atom. The quantitative estimate of drug-likeness (QED) is 0.629. The topological polar surface area (TPSA) is 83.0 Å². The molecule has 2 heterocycles. The van der Waals surface area contributed by atoms with Gasteiger partial charge in [-0.15, -0.1) is 0 Å². The third-order valence-corrected chi connectivity index (χ3v) is 3.85. The van der Waals surface area contributed by atoms with E-state index >= 15 is 0 Å². The van der Waals surface area contributed by atoms with Crippen molar-refractivity contribution in [1.29, 1.82) is 0 Å². The molecule has 0 fully saturated rings. The molecule has 0 aliphatic rings. The zero-order valence-electron chi connectivity index (χ0n) is 15.2. The fourth-order valence-electron chi connectivity index (χ4n) is 2.71. The minimum atomic E-state index is -0.142. The van der Waals surface area contributed by atoms with E-state index in [1.807, 2.05) is 25.1 Å². The molecule has 3 aromatic rings. The summed E-state index contributed by atoms with van der Waals surface area (Å²) in [5.41, 5.74) is 5.07. The van der Waals surface area contributed by atoms with Gasteiger partial charge in [0.2, 0.25) is 5.95 Å². The van der Waals surface area contributed by atoms with Crippen LogP contribution in [0.15, 0.2) is 48.8 Å². The number of nitrogens with zero attached hydrogens (tertiary/aromatic N) is 3. The lowest BCUT2D eigenvalue weighted by Crippen LogP contribution is -2.21. The summed E-state index contributed by atoms with van der Waals surface area (Å²) in [7, 11) is 0. The third-order valence-electron chi connectivity index (χ3n) is 3.85. The maximum Gasteiger partial charge on any atom is 0.225 e. The molecule has 0 spiro atoms. The molecular weight excluding hydrogens is 326 g/mol. The molecule has 1 aromatic carbocycles. The van der Waals surface area contributed by atoms with E-state index in [4.69, 9.17) is 0 Å². The van der Waals surface area contributed by atoms with Crippen molar-refractivity contribution in [3.05, 3.63) is 59.9 Å². The van der Waals surface area contributed by atoms with Gasteiger partial charge in [-0.1, -0.05) is 6.07 Å². The molecule has 1 atom stereocenters. The van der Waals surface area contributed by atoms with Gasteiger partial charge in [-0.2, -0.15) is 4.98 Å². The first-order valence-corrected chi connectivity index (χ1v) is 8.55. The smallest absolute Gasteiger partial charge is 0.225 e. The lowest BCUT2D eigenvalue weighted by Gasteiger charge is -2.14. The normalized spacial score (nSPS) is 11.8. The molecule has 0 aliphatic heterocycles. The molecule has 2 aromatic heterocycles. The number of aryl methyl sites for hydroxylation is 2. The van der Waals surface area contributed by atoms with Crippen molar-refractivity contribution < 1.29 is 5.11 Å². The van der Waals surface area contributed by atoms with Crippen LogP contribution in [0.2, 0.25) is 0 Å². The van der Waals surface area contributed by atoms with Crippen molar-refractivity contribution in [3.8, 4) is 11.3 Å². The predicted molar refractivity (Wildman–Crippen MR) is 105 cm³/mol. The molecule has 0 saturated carbocycles. The maximum atomic E-state index is 9.31. The SMILES string of the molecule is Cc1cc(C)cc(Nc2cc(-c3ccncc3)nc(N[C@H](C)CO)n2)c1. The number of anilines is 3. The molecular formula is C20H23N5O. The number of aromatic nitrogens is 3. The average Bonchev–Trinajstić information content (AvgIpc) is 2.61. The summed E-state index contributed by atoms with van der Waals surface area (Å²) in [4.78, 5) is 13.2. The Bertz CT molecular complexity index is 862. The van der Waals surface area contributed by atoms with Gasteiger partial charge in [0.05, 0.1) is 12.3 Å². The second-order valence-electron chi connectivity index (χ2n) is 6.43. The highest BCUT2D eigenvalue weighted by Gasteiger charge is 2.10. The number of nitrogens with one attached hydrogen (secondary N) is 2. The molecule has 26 heavy (non-hydrogen) atoms. The lowest BCUT2D eigenvalue weighted by molar-refractivity contribution is 0.281. The number of pyridine rings is 1. The Labute approximate surface area is 153 Å². The van der Waals surface area contributed by atoms with Crippen LogP contribution in [-0.2, 0) is 0 Å². The molecule has 0 amide bonds. The molecule has 134 valence electrons. The van der Waals surface area contributed by atoms with Crippen LogP contribution in [-0.4, -0.2) is 32.7 Å². The first kappa shape index (κ1) is 17.8. The molecule has 0 bridgehead atoms. The third kappa shape index (κ3) is 4.55. The summed E-state index contributed by atoms with van der Waals surface area (Å²) in [6, 6.07) is 11.8. The highest BCUT2D eigenvalue weighted by Crippen LogP contribution is 2.24. The van der Waals surface area contributed by atoms with Gasteiger partial charge in [0.25, 0.3) is 0 Å². The summed E-state index contributed by atoms with van der Waals surface area (Å²) in [6.07, 6.45) is 3.47. The van der Waals surface area contributed by atoms with Crippen molar-refractivity contribution in [3.63, 3.8) is 0 Å². The van der Waals surface area contributed by atoms with Crippen molar-refractivity contribution in [1.82, 2.24) is 15.0 Å². The molecule has 0 radical (unpaired) electrons. The fraction of sp³-hybridized carbons (Fsp3) is 0.250. The minimum Gasteiger partial charge on any atom is -0.394 e. The van der Waals surface area contributed by atoms with E-state index in [1.54, 1.807) is 12.4 Å². The Morgan fingerprint density at radius 2 is 1.69 bits per heavy atom. The Morgan fingerprint density at radius 3 is 2.35 bits per heavy atom. The largest absolute Gasteiger partial charge is 0.394 e. The Hall–Kier alpha value is -2.99. The molecule has 6 nitrogen and oxygen atoms in total. The predicted octanol–water partition coefficient (Wildman–Crippen LogP) is 3.69. The van der Waals surface area contributed by atoms with Crippen LogP contribution in [0, 0.1) is 13.8 Å². The number of benzene rings is 1. The number of hydrogen-bond donors (Lipinski definition) is 3. The summed E-state index contributed by atoms with van der Waals surface area (Å²) in [5.74, 6) is 1.15. The summed E-state index contributed by atoms with van der Waals surface area (Å²) >= 11 is 0. The van der Waals surface area contributed by atoms with Crippen LogP contribution >= 0.6 is 0 Å². The number of aliphatic hydroxyl groups excluding tert-OH is 1. The van der Waals surface area contributed by atoms with Gasteiger partial charge >= 0.3 is 0 Å². The molecule has 3 N–H and O–H groups in total. The average molecular weight is 349 g/mol. The van der Waals surface area contributed by atoms with E-state index in [0.717, 1.165) is 16.9 Å². The standard InChI is InChI=1S/C20H23N5O/c1-13-8-14(2)10-17(9-13)23-19-11-18(16-4-6-21-7-5-16)24-20(25-19)22-15(3)12-26/h4-11,15,26H,12H2,1-3H3,(H2,22,23,24,25)/t15-/m1/s1. The van der Waals surface area contributed by atoms with E-state index < -0.39 is 0 Å². The van der Waals surface area contributed by atoms with Gasteiger partial charge in [0.15, 0.2) is 0 Å². The molecule has 3 rings (SSSR count). The second kappa shape index (κ2) is 7.93. The van der Waals surface area contributed by atoms with E-state index in [2.05, 4.69) is 57.6 Å².